The van der Waals surface area contributed by atoms with Crippen molar-refractivity contribution in [3.8, 4) is 5.75 Å². The van der Waals surface area contributed by atoms with Gasteiger partial charge in [-0.05, 0) is 49.2 Å². The summed E-state index contributed by atoms with van der Waals surface area (Å²) in [5.41, 5.74) is 2.74. The average Bonchev–Trinajstić information content (AvgIpc) is 3.01. The van der Waals surface area contributed by atoms with Crippen molar-refractivity contribution in [1.29, 1.82) is 0 Å². The number of carbonyl (C=O) groups is 2. The van der Waals surface area contributed by atoms with Crippen LogP contribution >= 0.6 is 0 Å². The van der Waals surface area contributed by atoms with E-state index in [1.54, 1.807) is 36.1 Å². The molecule has 0 saturated heterocycles. The van der Waals surface area contributed by atoms with Crippen molar-refractivity contribution < 1.29 is 19.1 Å². The van der Waals surface area contributed by atoms with E-state index in [-0.39, 0.29) is 12.6 Å². The largest absolute Gasteiger partial charge is 0.513 e. The van der Waals surface area contributed by atoms with Crippen LogP contribution in [0.15, 0.2) is 48.5 Å². The highest BCUT2D eigenvalue weighted by Gasteiger charge is 2.24. The lowest BCUT2D eigenvalue weighted by Gasteiger charge is -2.18. The molecule has 1 aliphatic heterocycles. The standard InChI is InChI=1S/C18H18N2O4/c1-2-23-18(22)24-15-9-7-14(8-10-15)19-17(21)20-12-11-13-5-3-4-6-16(13)20/h3-10H,2,11-12H2,1H3,(H,19,21). The maximum absolute atomic E-state index is 12.4. The number of para-hydroxylation sites is 1. The minimum atomic E-state index is -0.747. The fourth-order valence-electron chi connectivity index (χ4n) is 2.59. The topological polar surface area (TPSA) is 67.9 Å². The summed E-state index contributed by atoms with van der Waals surface area (Å²) in [6, 6.07) is 14.2. The van der Waals surface area contributed by atoms with Gasteiger partial charge >= 0.3 is 12.2 Å². The number of nitrogens with zero attached hydrogens (tertiary/aromatic N) is 1. The van der Waals surface area contributed by atoms with E-state index in [4.69, 9.17) is 9.47 Å². The summed E-state index contributed by atoms with van der Waals surface area (Å²) in [6.45, 7) is 2.62. The highest BCUT2D eigenvalue weighted by Crippen LogP contribution is 2.28. The SMILES string of the molecule is CCOC(=O)Oc1ccc(NC(=O)N2CCc3ccccc32)cc1. The molecule has 0 spiro atoms. The molecule has 0 saturated carbocycles. The van der Waals surface area contributed by atoms with Crippen molar-refractivity contribution in [3.05, 3.63) is 54.1 Å². The fraction of sp³-hybridized carbons (Fsp3) is 0.222. The molecule has 6 heteroatoms. The predicted octanol–water partition coefficient (Wildman–Crippen LogP) is 3.82. The predicted molar refractivity (Wildman–Crippen MR) is 90.6 cm³/mol. The normalized spacial score (nSPS) is 12.5. The molecule has 0 atom stereocenters. The van der Waals surface area contributed by atoms with Crippen molar-refractivity contribution in [2.24, 2.45) is 0 Å². The Morgan fingerprint density at radius 3 is 2.62 bits per heavy atom. The minimum absolute atomic E-state index is 0.181. The molecule has 6 nitrogen and oxygen atoms in total. The lowest BCUT2D eigenvalue weighted by Crippen LogP contribution is -2.33. The summed E-state index contributed by atoms with van der Waals surface area (Å²) < 4.78 is 9.68. The number of benzene rings is 2. The van der Waals surface area contributed by atoms with Gasteiger partial charge in [0.15, 0.2) is 0 Å². The Balaban J connectivity index is 1.62. The van der Waals surface area contributed by atoms with Gasteiger partial charge in [0.25, 0.3) is 0 Å². The minimum Gasteiger partial charge on any atom is -0.434 e. The Morgan fingerprint density at radius 2 is 1.88 bits per heavy atom. The molecular formula is C18H18N2O4. The first-order chi connectivity index (χ1) is 11.7. The molecule has 0 unspecified atom stereocenters. The van der Waals surface area contributed by atoms with Crippen LogP contribution in [0.5, 0.6) is 5.75 Å². The molecule has 2 amide bonds. The van der Waals surface area contributed by atoms with Crippen LogP contribution in [0.4, 0.5) is 21.0 Å². The summed E-state index contributed by atoms with van der Waals surface area (Å²) in [5, 5.41) is 2.85. The molecule has 1 heterocycles. The molecule has 2 aromatic rings. The van der Waals surface area contributed by atoms with E-state index in [0.717, 1.165) is 12.1 Å². The maximum atomic E-state index is 12.4. The fourth-order valence-corrected chi connectivity index (χ4v) is 2.59. The summed E-state index contributed by atoms with van der Waals surface area (Å²) in [5.74, 6) is 0.359. The summed E-state index contributed by atoms with van der Waals surface area (Å²) >= 11 is 0. The highest BCUT2D eigenvalue weighted by molar-refractivity contribution is 6.03. The second-order valence-electron chi connectivity index (χ2n) is 5.27. The first kappa shape index (κ1) is 15.9. The molecule has 3 rings (SSSR count). The molecule has 0 radical (unpaired) electrons. The summed E-state index contributed by atoms with van der Waals surface area (Å²) in [4.78, 5) is 25.4. The lowest BCUT2D eigenvalue weighted by atomic mass is 10.2. The molecule has 0 aromatic heterocycles. The van der Waals surface area contributed by atoms with E-state index in [1.807, 2.05) is 24.3 Å². The van der Waals surface area contributed by atoms with E-state index in [1.165, 1.54) is 5.56 Å². The summed E-state index contributed by atoms with van der Waals surface area (Å²) in [7, 11) is 0. The van der Waals surface area contributed by atoms with E-state index < -0.39 is 6.16 Å². The van der Waals surface area contributed by atoms with Crippen molar-refractivity contribution >= 4 is 23.6 Å². The lowest BCUT2D eigenvalue weighted by molar-refractivity contribution is 0.104. The van der Waals surface area contributed by atoms with Crippen molar-refractivity contribution in [2.75, 3.05) is 23.4 Å². The number of fused-ring (bicyclic) bond motifs is 1. The molecule has 0 fully saturated rings. The Kier molecular flexibility index (Phi) is 4.65. The number of rotatable bonds is 3. The second-order valence-corrected chi connectivity index (χ2v) is 5.27. The van der Waals surface area contributed by atoms with Crippen LogP contribution in [0.1, 0.15) is 12.5 Å². The average molecular weight is 326 g/mol. The van der Waals surface area contributed by atoms with Crippen molar-refractivity contribution in [2.45, 2.75) is 13.3 Å². The molecule has 2 aromatic carbocycles. The molecule has 0 bridgehead atoms. The second kappa shape index (κ2) is 7.04. The Morgan fingerprint density at radius 1 is 1.12 bits per heavy atom. The molecule has 0 aliphatic carbocycles. The Hall–Kier alpha value is -3.02. The summed E-state index contributed by atoms with van der Waals surface area (Å²) in [6.07, 6.45) is 0.110. The van der Waals surface area contributed by atoms with Crippen molar-refractivity contribution in [3.63, 3.8) is 0 Å². The van der Waals surface area contributed by atoms with E-state index in [2.05, 4.69) is 5.32 Å². The first-order valence-corrected chi connectivity index (χ1v) is 7.78. The van der Waals surface area contributed by atoms with Crippen LogP contribution in [-0.2, 0) is 11.2 Å². The molecule has 124 valence electrons. The molecule has 1 N–H and O–H groups in total. The van der Waals surface area contributed by atoms with E-state index >= 15 is 0 Å². The number of nitrogens with one attached hydrogen (secondary N) is 1. The third kappa shape index (κ3) is 3.48. The van der Waals surface area contributed by atoms with Crippen LogP contribution in [0.3, 0.4) is 0 Å². The van der Waals surface area contributed by atoms with Gasteiger partial charge in [-0.25, -0.2) is 9.59 Å². The zero-order chi connectivity index (χ0) is 16.9. The zero-order valence-electron chi connectivity index (χ0n) is 13.3. The molecule has 1 aliphatic rings. The monoisotopic (exact) mass is 326 g/mol. The maximum Gasteiger partial charge on any atom is 0.513 e. The number of urea groups is 1. The van der Waals surface area contributed by atoms with Gasteiger partial charge < -0.3 is 14.8 Å². The third-order valence-electron chi connectivity index (χ3n) is 3.70. The Labute approximate surface area is 140 Å². The quantitative estimate of drug-likeness (QED) is 0.688. The van der Waals surface area contributed by atoms with Gasteiger partial charge in [-0.3, -0.25) is 4.90 Å². The number of hydrogen-bond acceptors (Lipinski definition) is 4. The number of carbonyl (C=O) groups excluding carboxylic acids is 2. The van der Waals surface area contributed by atoms with Gasteiger partial charge in [-0.1, -0.05) is 18.2 Å². The van der Waals surface area contributed by atoms with E-state index in [9.17, 15) is 9.59 Å². The van der Waals surface area contributed by atoms with Gasteiger partial charge in [-0.2, -0.15) is 0 Å². The van der Waals surface area contributed by atoms with Crippen LogP contribution in [-0.4, -0.2) is 25.3 Å². The van der Waals surface area contributed by atoms with Crippen LogP contribution in [0.25, 0.3) is 0 Å². The van der Waals surface area contributed by atoms with Gasteiger partial charge in [0.2, 0.25) is 0 Å². The number of anilines is 2. The van der Waals surface area contributed by atoms with Gasteiger partial charge in [0.05, 0.1) is 6.61 Å². The van der Waals surface area contributed by atoms with Gasteiger partial charge in [0.1, 0.15) is 5.75 Å². The Bertz CT molecular complexity index is 743. The number of hydrogen-bond donors (Lipinski definition) is 1. The van der Waals surface area contributed by atoms with Gasteiger partial charge in [0, 0.05) is 17.9 Å². The van der Waals surface area contributed by atoms with Crippen LogP contribution < -0.4 is 15.0 Å². The van der Waals surface area contributed by atoms with Crippen molar-refractivity contribution in [1.82, 2.24) is 0 Å². The first-order valence-electron chi connectivity index (χ1n) is 7.78. The van der Waals surface area contributed by atoms with Crippen LogP contribution in [0.2, 0.25) is 0 Å². The van der Waals surface area contributed by atoms with E-state index in [0.29, 0.717) is 18.0 Å². The third-order valence-corrected chi connectivity index (χ3v) is 3.70. The number of amides is 2. The smallest absolute Gasteiger partial charge is 0.434 e. The molecular weight excluding hydrogens is 308 g/mol. The van der Waals surface area contributed by atoms with Crippen LogP contribution in [0, 0.1) is 0 Å². The zero-order valence-corrected chi connectivity index (χ0v) is 13.3. The highest BCUT2D eigenvalue weighted by atomic mass is 16.7. The number of ether oxygens (including phenoxy) is 2. The van der Waals surface area contributed by atoms with Gasteiger partial charge in [-0.15, -0.1) is 0 Å². The molecule has 24 heavy (non-hydrogen) atoms.